The number of ketones is 1. The summed E-state index contributed by atoms with van der Waals surface area (Å²) in [6.07, 6.45) is 1.88. The third-order valence-corrected chi connectivity index (χ3v) is 2.80. The van der Waals surface area contributed by atoms with Crippen molar-refractivity contribution >= 4 is 5.78 Å². The molecule has 0 amide bonds. The van der Waals surface area contributed by atoms with Gasteiger partial charge in [0.2, 0.25) is 0 Å². The Morgan fingerprint density at radius 1 is 1.37 bits per heavy atom. The Hall–Kier alpha value is -1.18. The smallest absolute Gasteiger partial charge is 0.169 e. The van der Waals surface area contributed by atoms with Gasteiger partial charge < -0.3 is 0 Å². The van der Waals surface area contributed by atoms with Gasteiger partial charge in [-0.1, -0.05) is 34.3 Å². The molecular weight excluding hydrogens is 238 g/mol. The van der Waals surface area contributed by atoms with Gasteiger partial charge in [-0.3, -0.25) is 14.6 Å². The van der Waals surface area contributed by atoms with Gasteiger partial charge in [0.05, 0.1) is 19.0 Å². The third-order valence-electron chi connectivity index (χ3n) is 2.80. The van der Waals surface area contributed by atoms with E-state index in [9.17, 15) is 4.79 Å². The molecule has 0 radical (unpaired) electrons. The van der Waals surface area contributed by atoms with E-state index in [4.69, 9.17) is 5.26 Å². The molecule has 0 N–H and O–H groups in total. The first-order chi connectivity index (χ1) is 9.17. The average Bonchev–Trinajstić information content (AvgIpc) is 2.47. The maximum atomic E-state index is 11.2. The minimum atomic E-state index is 0.0512. The van der Waals surface area contributed by atoms with E-state index in [1.54, 1.807) is 0 Å². The van der Waals surface area contributed by atoms with Crippen LogP contribution in [0.25, 0.3) is 0 Å². The number of nitrogens with zero attached hydrogens (tertiary/aromatic N) is 3. The molecule has 1 unspecified atom stereocenters. The van der Waals surface area contributed by atoms with Crippen LogP contribution in [0.5, 0.6) is 0 Å². The number of rotatable bonds is 4. The van der Waals surface area contributed by atoms with Crippen molar-refractivity contribution in [1.82, 2.24) is 9.80 Å². The molecule has 110 valence electrons. The van der Waals surface area contributed by atoms with Crippen molar-refractivity contribution < 1.29 is 4.79 Å². The van der Waals surface area contributed by atoms with Gasteiger partial charge >= 0.3 is 0 Å². The van der Waals surface area contributed by atoms with E-state index in [0.717, 1.165) is 19.6 Å². The molecule has 0 aromatic carbocycles. The highest BCUT2D eigenvalue weighted by atomic mass is 16.1. The van der Waals surface area contributed by atoms with Crippen LogP contribution in [-0.2, 0) is 4.79 Å². The van der Waals surface area contributed by atoms with E-state index >= 15 is 0 Å². The Labute approximate surface area is 118 Å². The van der Waals surface area contributed by atoms with E-state index < -0.39 is 0 Å². The highest BCUT2D eigenvalue weighted by Crippen LogP contribution is 2.10. The van der Waals surface area contributed by atoms with Gasteiger partial charge in [-0.05, 0) is 13.1 Å². The van der Waals surface area contributed by atoms with Gasteiger partial charge in [0.25, 0.3) is 0 Å². The second-order valence-corrected chi connectivity index (χ2v) is 3.90. The number of hydrogen-bond donors (Lipinski definition) is 0. The summed E-state index contributed by atoms with van der Waals surface area (Å²) in [4.78, 5) is 15.5. The molecule has 1 fully saturated rings. The number of nitriles is 1. The first-order valence-corrected chi connectivity index (χ1v) is 7.12. The second-order valence-electron chi connectivity index (χ2n) is 3.90. The molecule has 1 saturated heterocycles. The largest absolute Gasteiger partial charge is 0.300 e. The molecule has 0 spiro atoms. The number of piperazine rings is 1. The van der Waals surface area contributed by atoms with Crippen molar-refractivity contribution in [3.8, 4) is 6.07 Å². The lowest BCUT2D eigenvalue weighted by atomic mass is 10.1. The minimum Gasteiger partial charge on any atom is -0.300 e. The van der Waals surface area contributed by atoms with Crippen LogP contribution in [-0.4, -0.2) is 54.9 Å². The predicted octanol–water partition coefficient (Wildman–Crippen LogP) is 2.32. The number of likely N-dealkylation sites (N-methyl/N-ethyl adjacent to an activating group) is 1. The monoisotopic (exact) mass is 267 g/mol. The summed E-state index contributed by atoms with van der Waals surface area (Å²) < 4.78 is 0. The summed E-state index contributed by atoms with van der Waals surface area (Å²) in [5.41, 5.74) is 0. The maximum Gasteiger partial charge on any atom is 0.169 e. The fourth-order valence-corrected chi connectivity index (χ4v) is 1.76. The molecule has 4 nitrogen and oxygen atoms in total. The summed E-state index contributed by atoms with van der Waals surface area (Å²) in [5.74, 6) is 0.0512. The number of hydrogen-bond acceptors (Lipinski definition) is 4. The molecular formula is C15H29N3O. The lowest BCUT2D eigenvalue weighted by Gasteiger charge is -2.38. The highest BCUT2D eigenvalue weighted by Gasteiger charge is 2.24. The first-order valence-electron chi connectivity index (χ1n) is 7.12. The van der Waals surface area contributed by atoms with Crippen LogP contribution in [0, 0.1) is 11.3 Å². The molecule has 19 heavy (non-hydrogen) atoms. The molecule has 1 atom stereocenters. The van der Waals surface area contributed by atoms with Gasteiger partial charge in [-0.2, -0.15) is 5.26 Å². The standard InChI is InChI=1S/C11H17N3O.2C2H6/c1-3-11(15)9-14-7-6-13(2)10(8-14)4-5-12;2*1-2/h3,10H,1,4,6-9H2,2H3;2*1-2H3. The summed E-state index contributed by atoms with van der Waals surface area (Å²) in [6, 6.07) is 2.43. The van der Waals surface area contributed by atoms with Gasteiger partial charge in [-0.15, -0.1) is 0 Å². The van der Waals surface area contributed by atoms with Gasteiger partial charge in [0, 0.05) is 25.7 Å². The van der Waals surface area contributed by atoms with Crippen molar-refractivity contribution in [2.24, 2.45) is 0 Å². The quantitative estimate of drug-likeness (QED) is 0.733. The summed E-state index contributed by atoms with van der Waals surface area (Å²) >= 11 is 0. The summed E-state index contributed by atoms with van der Waals surface area (Å²) in [6.45, 7) is 14.5. The molecule has 0 aliphatic carbocycles. The zero-order chi connectivity index (χ0) is 15.3. The lowest BCUT2D eigenvalue weighted by molar-refractivity contribution is -0.116. The SMILES string of the molecule is C=CC(=O)CN1CCN(C)C(CC#N)C1.CC.CC. The van der Waals surface area contributed by atoms with Crippen LogP contribution in [0.1, 0.15) is 34.1 Å². The molecule has 1 heterocycles. The van der Waals surface area contributed by atoms with Crippen molar-refractivity contribution in [2.75, 3.05) is 33.2 Å². The summed E-state index contributed by atoms with van der Waals surface area (Å²) in [7, 11) is 2.02. The molecule has 0 bridgehead atoms. The molecule has 1 rings (SSSR count). The predicted molar refractivity (Wildman–Crippen MR) is 81.0 cm³/mol. The second kappa shape index (κ2) is 13.3. The minimum absolute atomic E-state index is 0.0512. The Kier molecular flexibility index (Phi) is 14.1. The van der Waals surface area contributed by atoms with Crippen molar-refractivity contribution in [3.63, 3.8) is 0 Å². The van der Waals surface area contributed by atoms with Gasteiger partial charge in [0.15, 0.2) is 5.78 Å². The molecule has 1 aliphatic rings. The average molecular weight is 267 g/mol. The Morgan fingerprint density at radius 2 is 1.95 bits per heavy atom. The van der Waals surface area contributed by atoms with Gasteiger partial charge in [0.1, 0.15) is 0 Å². The zero-order valence-electron chi connectivity index (χ0n) is 13.1. The van der Waals surface area contributed by atoms with Crippen molar-refractivity contribution in [1.29, 1.82) is 5.26 Å². The number of carbonyl (C=O) groups is 1. The molecule has 4 heteroatoms. The molecule has 1 aliphatic heterocycles. The van der Waals surface area contributed by atoms with Crippen LogP contribution >= 0.6 is 0 Å². The Bertz CT molecular complexity index is 284. The van der Waals surface area contributed by atoms with E-state index in [0.29, 0.717) is 13.0 Å². The highest BCUT2D eigenvalue weighted by molar-refractivity contribution is 5.90. The van der Waals surface area contributed by atoms with E-state index in [1.807, 2.05) is 34.7 Å². The molecule has 0 saturated carbocycles. The molecule has 0 aromatic heterocycles. The lowest BCUT2D eigenvalue weighted by Crippen LogP contribution is -2.52. The Morgan fingerprint density at radius 3 is 2.42 bits per heavy atom. The van der Waals surface area contributed by atoms with Crippen molar-refractivity contribution in [2.45, 2.75) is 40.2 Å². The van der Waals surface area contributed by atoms with Crippen LogP contribution in [0.4, 0.5) is 0 Å². The normalized spacial score (nSPS) is 19.1. The van der Waals surface area contributed by atoms with Crippen LogP contribution in [0.15, 0.2) is 12.7 Å². The fraction of sp³-hybridized carbons (Fsp3) is 0.733. The van der Waals surface area contributed by atoms with Crippen LogP contribution in [0.3, 0.4) is 0 Å². The van der Waals surface area contributed by atoms with E-state index in [-0.39, 0.29) is 11.8 Å². The summed E-state index contributed by atoms with van der Waals surface area (Å²) in [5, 5.41) is 8.67. The number of carbonyl (C=O) groups excluding carboxylic acids is 1. The Balaban J connectivity index is 0. The first kappa shape index (κ1) is 20.1. The van der Waals surface area contributed by atoms with Crippen LogP contribution < -0.4 is 0 Å². The topological polar surface area (TPSA) is 47.3 Å². The molecule has 0 aromatic rings. The zero-order valence-corrected chi connectivity index (χ0v) is 13.1. The fourth-order valence-electron chi connectivity index (χ4n) is 1.76. The van der Waals surface area contributed by atoms with E-state index in [1.165, 1.54) is 6.08 Å². The van der Waals surface area contributed by atoms with Gasteiger partial charge in [-0.25, -0.2) is 0 Å². The maximum absolute atomic E-state index is 11.2. The van der Waals surface area contributed by atoms with E-state index in [2.05, 4.69) is 22.4 Å². The third kappa shape index (κ3) is 8.52. The van der Waals surface area contributed by atoms with Crippen LogP contribution in [0.2, 0.25) is 0 Å². The van der Waals surface area contributed by atoms with Crippen molar-refractivity contribution in [3.05, 3.63) is 12.7 Å².